The number of hydrogen-bond donors (Lipinski definition) is 3. The summed E-state index contributed by atoms with van der Waals surface area (Å²) >= 11 is 0. The zero-order valence-electron chi connectivity index (χ0n) is 13.0. The first-order chi connectivity index (χ1) is 11.1. The summed E-state index contributed by atoms with van der Waals surface area (Å²) in [5.74, 6) is 0.398. The lowest BCUT2D eigenvalue weighted by molar-refractivity contribution is -0.117. The number of carbonyl (C=O) groups excluding carboxylic acids is 2. The summed E-state index contributed by atoms with van der Waals surface area (Å²) in [5, 5.41) is 7.97. The number of methoxy groups -OCH3 is 1. The van der Waals surface area contributed by atoms with E-state index in [4.69, 9.17) is 4.74 Å². The Balaban J connectivity index is 1.85. The van der Waals surface area contributed by atoms with Gasteiger partial charge in [-0.1, -0.05) is 18.2 Å². The number of rotatable bonds is 5. The van der Waals surface area contributed by atoms with Crippen molar-refractivity contribution in [1.82, 2.24) is 5.32 Å². The standard InChI is InChI=1S/C17H19N3O3/c1-12(18-17(22)20-13-6-4-3-5-7-13)16(21)19-14-8-10-15(23-2)11-9-14/h3-12H,1-2H3,(H,19,21)(H2,18,20,22). The topological polar surface area (TPSA) is 79.5 Å². The van der Waals surface area contributed by atoms with Crippen molar-refractivity contribution >= 4 is 23.3 Å². The Morgan fingerprint density at radius 3 is 2.13 bits per heavy atom. The predicted molar refractivity (Wildman–Crippen MR) is 89.7 cm³/mol. The Morgan fingerprint density at radius 2 is 1.52 bits per heavy atom. The SMILES string of the molecule is COc1ccc(NC(=O)C(C)NC(=O)Nc2ccccc2)cc1. The van der Waals surface area contributed by atoms with Crippen LogP contribution in [-0.2, 0) is 4.79 Å². The minimum absolute atomic E-state index is 0.307. The van der Waals surface area contributed by atoms with E-state index in [2.05, 4.69) is 16.0 Å². The maximum atomic E-state index is 12.1. The number of para-hydroxylation sites is 1. The fraction of sp³-hybridized carbons (Fsp3) is 0.176. The van der Waals surface area contributed by atoms with E-state index in [0.717, 1.165) is 0 Å². The van der Waals surface area contributed by atoms with E-state index in [0.29, 0.717) is 17.1 Å². The van der Waals surface area contributed by atoms with Gasteiger partial charge in [-0.2, -0.15) is 0 Å². The predicted octanol–water partition coefficient (Wildman–Crippen LogP) is 2.84. The van der Waals surface area contributed by atoms with E-state index < -0.39 is 12.1 Å². The van der Waals surface area contributed by atoms with Crippen LogP contribution in [0.4, 0.5) is 16.2 Å². The van der Waals surface area contributed by atoms with Gasteiger partial charge >= 0.3 is 6.03 Å². The summed E-state index contributed by atoms with van der Waals surface area (Å²) in [6.07, 6.45) is 0. The van der Waals surface area contributed by atoms with Gasteiger partial charge in [0.1, 0.15) is 11.8 Å². The molecule has 1 atom stereocenters. The normalized spacial score (nSPS) is 11.2. The zero-order chi connectivity index (χ0) is 16.7. The van der Waals surface area contributed by atoms with Gasteiger partial charge < -0.3 is 20.7 Å². The molecule has 0 aliphatic rings. The molecule has 2 aromatic rings. The van der Waals surface area contributed by atoms with Gasteiger partial charge in [0.25, 0.3) is 0 Å². The highest BCUT2D eigenvalue weighted by Crippen LogP contribution is 2.15. The van der Waals surface area contributed by atoms with Crippen molar-refractivity contribution in [3.8, 4) is 5.75 Å². The minimum atomic E-state index is -0.680. The highest BCUT2D eigenvalue weighted by molar-refractivity contribution is 5.98. The van der Waals surface area contributed by atoms with Gasteiger partial charge in [-0.05, 0) is 43.3 Å². The maximum Gasteiger partial charge on any atom is 0.319 e. The average molecular weight is 313 g/mol. The molecule has 6 nitrogen and oxygen atoms in total. The van der Waals surface area contributed by atoms with Gasteiger partial charge in [-0.3, -0.25) is 4.79 Å². The molecule has 6 heteroatoms. The van der Waals surface area contributed by atoms with Gasteiger partial charge in [0.15, 0.2) is 0 Å². The fourth-order valence-corrected chi connectivity index (χ4v) is 1.88. The molecule has 0 saturated carbocycles. The van der Waals surface area contributed by atoms with Crippen molar-refractivity contribution in [2.75, 3.05) is 17.7 Å². The van der Waals surface area contributed by atoms with Crippen LogP contribution in [0.1, 0.15) is 6.92 Å². The van der Waals surface area contributed by atoms with Crippen LogP contribution in [0.3, 0.4) is 0 Å². The van der Waals surface area contributed by atoms with Gasteiger partial charge in [0, 0.05) is 11.4 Å². The lowest BCUT2D eigenvalue weighted by Crippen LogP contribution is -2.43. The molecule has 2 aromatic carbocycles. The quantitative estimate of drug-likeness (QED) is 0.794. The van der Waals surface area contributed by atoms with E-state index >= 15 is 0 Å². The van der Waals surface area contributed by atoms with Crippen LogP contribution in [0.2, 0.25) is 0 Å². The summed E-state index contributed by atoms with van der Waals surface area (Å²) in [4.78, 5) is 23.9. The van der Waals surface area contributed by atoms with E-state index in [1.807, 2.05) is 18.2 Å². The largest absolute Gasteiger partial charge is 0.497 e. The molecule has 3 amide bonds. The Hall–Kier alpha value is -3.02. The second kappa shape index (κ2) is 7.84. The van der Waals surface area contributed by atoms with Gasteiger partial charge in [0.2, 0.25) is 5.91 Å². The molecule has 23 heavy (non-hydrogen) atoms. The number of anilines is 2. The number of carbonyl (C=O) groups is 2. The lowest BCUT2D eigenvalue weighted by atomic mass is 10.2. The molecule has 0 saturated heterocycles. The Labute approximate surface area is 134 Å². The van der Waals surface area contributed by atoms with Crippen molar-refractivity contribution in [1.29, 1.82) is 0 Å². The Kier molecular flexibility index (Phi) is 5.57. The third-order valence-electron chi connectivity index (χ3n) is 3.13. The third kappa shape index (κ3) is 5.03. The van der Waals surface area contributed by atoms with Crippen LogP contribution in [-0.4, -0.2) is 25.1 Å². The second-order valence-electron chi connectivity index (χ2n) is 4.90. The molecule has 1 unspecified atom stereocenters. The molecule has 0 aliphatic heterocycles. The molecule has 2 rings (SSSR count). The van der Waals surface area contributed by atoms with E-state index in [1.54, 1.807) is 50.4 Å². The molecular formula is C17H19N3O3. The molecular weight excluding hydrogens is 294 g/mol. The highest BCUT2D eigenvalue weighted by Gasteiger charge is 2.15. The van der Waals surface area contributed by atoms with Crippen molar-refractivity contribution in [2.45, 2.75) is 13.0 Å². The van der Waals surface area contributed by atoms with E-state index in [1.165, 1.54) is 0 Å². The smallest absolute Gasteiger partial charge is 0.319 e. The molecule has 120 valence electrons. The van der Waals surface area contributed by atoms with Gasteiger partial charge in [-0.15, -0.1) is 0 Å². The van der Waals surface area contributed by atoms with Gasteiger partial charge in [0.05, 0.1) is 7.11 Å². The lowest BCUT2D eigenvalue weighted by Gasteiger charge is -2.15. The highest BCUT2D eigenvalue weighted by atomic mass is 16.5. The maximum absolute atomic E-state index is 12.1. The first-order valence-corrected chi connectivity index (χ1v) is 7.16. The van der Waals surface area contributed by atoms with Crippen molar-refractivity contribution in [3.05, 3.63) is 54.6 Å². The summed E-state index contributed by atoms with van der Waals surface area (Å²) in [7, 11) is 1.57. The molecule has 0 aromatic heterocycles. The molecule has 0 spiro atoms. The van der Waals surface area contributed by atoms with Crippen LogP contribution in [0, 0.1) is 0 Å². The van der Waals surface area contributed by atoms with Crippen LogP contribution in [0.25, 0.3) is 0 Å². The number of nitrogens with one attached hydrogen (secondary N) is 3. The third-order valence-corrected chi connectivity index (χ3v) is 3.13. The molecule has 0 fully saturated rings. The molecule has 3 N–H and O–H groups in total. The van der Waals surface area contributed by atoms with E-state index in [-0.39, 0.29) is 5.91 Å². The van der Waals surface area contributed by atoms with Crippen LogP contribution < -0.4 is 20.7 Å². The van der Waals surface area contributed by atoms with Crippen LogP contribution >= 0.6 is 0 Å². The zero-order valence-corrected chi connectivity index (χ0v) is 13.0. The Bertz CT molecular complexity index is 657. The number of ether oxygens (including phenoxy) is 1. The number of hydrogen-bond acceptors (Lipinski definition) is 3. The molecule has 0 heterocycles. The minimum Gasteiger partial charge on any atom is -0.497 e. The summed E-state index contributed by atoms with van der Waals surface area (Å²) in [6, 6.07) is 14.9. The summed E-state index contributed by atoms with van der Waals surface area (Å²) in [6.45, 7) is 1.61. The molecule has 0 aliphatic carbocycles. The summed E-state index contributed by atoms with van der Waals surface area (Å²) < 4.78 is 5.05. The van der Waals surface area contributed by atoms with Crippen molar-refractivity contribution < 1.29 is 14.3 Å². The number of urea groups is 1. The van der Waals surface area contributed by atoms with Gasteiger partial charge in [-0.25, -0.2) is 4.79 Å². The van der Waals surface area contributed by atoms with Crippen LogP contribution in [0.15, 0.2) is 54.6 Å². The fourth-order valence-electron chi connectivity index (χ4n) is 1.88. The van der Waals surface area contributed by atoms with Crippen molar-refractivity contribution in [2.24, 2.45) is 0 Å². The average Bonchev–Trinajstić information content (AvgIpc) is 2.56. The van der Waals surface area contributed by atoms with E-state index in [9.17, 15) is 9.59 Å². The first-order valence-electron chi connectivity index (χ1n) is 7.16. The second-order valence-corrected chi connectivity index (χ2v) is 4.90. The molecule has 0 bridgehead atoms. The first kappa shape index (κ1) is 16.4. The number of amides is 3. The number of benzene rings is 2. The van der Waals surface area contributed by atoms with Crippen molar-refractivity contribution in [3.63, 3.8) is 0 Å². The van der Waals surface area contributed by atoms with Crippen LogP contribution in [0.5, 0.6) is 5.75 Å². The molecule has 0 radical (unpaired) electrons. The Morgan fingerprint density at radius 1 is 0.913 bits per heavy atom. The monoisotopic (exact) mass is 313 g/mol. The summed E-state index contributed by atoms with van der Waals surface area (Å²) in [5.41, 5.74) is 1.29.